The predicted octanol–water partition coefficient (Wildman–Crippen LogP) is 2.19. The second-order valence-electron chi connectivity index (χ2n) is 5.60. The molecule has 0 aromatic carbocycles. The number of fused-ring (bicyclic) bond motifs is 1. The average Bonchev–Trinajstić information content (AvgIpc) is 2.13. The minimum absolute atomic E-state index is 0.236. The Kier molecular flexibility index (Phi) is 1.27. The third-order valence-electron chi connectivity index (χ3n) is 4.51. The number of hydrogen-bond donors (Lipinski definition) is 1. The van der Waals surface area contributed by atoms with Crippen LogP contribution in [0.5, 0.6) is 0 Å². The van der Waals surface area contributed by atoms with Crippen LogP contribution < -0.4 is 0 Å². The summed E-state index contributed by atoms with van der Waals surface area (Å²) >= 11 is 0. The Morgan fingerprint density at radius 2 is 1.92 bits per heavy atom. The molecule has 3 fully saturated rings. The van der Waals surface area contributed by atoms with Gasteiger partial charge >= 0.3 is 0 Å². The fourth-order valence-electron chi connectivity index (χ4n) is 4.19. The maximum Gasteiger partial charge on any atom is 0.0656 e. The number of hydrogen-bond acceptors (Lipinski definition) is 1. The summed E-state index contributed by atoms with van der Waals surface area (Å²) in [6, 6.07) is 0. The van der Waals surface area contributed by atoms with E-state index < -0.39 is 0 Å². The molecule has 0 aromatic heterocycles. The first kappa shape index (κ1) is 7.37. The molecule has 0 heterocycles. The lowest BCUT2D eigenvalue weighted by molar-refractivity contribution is 0.0136. The molecule has 3 aliphatic carbocycles. The van der Waals surface area contributed by atoms with E-state index >= 15 is 0 Å². The smallest absolute Gasteiger partial charge is 0.0656 e. The van der Waals surface area contributed by atoms with Crippen LogP contribution in [0.25, 0.3) is 0 Å². The van der Waals surface area contributed by atoms with E-state index in [9.17, 15) is 5.11 Å². The summed E-state index contributed by atoms with van der Waals surface area (Å²) in [5.74, 6) is 3.58. The maximum absolute atomic E-state index is 10.3. The van der Waals surface area contributed by atoms with Gasteiger partial charge in [-0.2, -0.15) is 0 Å². The summed E-state index contributed by atoms with van der Waals surface area (Å²) in [6.07, 6.45) is 6.16. The molecule has 3 saturated carbocycles. The van der Waals surface area contributed by atoms with Crippen molar-refractivity contribution in [2.75, 3.05) is 0 Å². The van der Waals surface area contributed by atoms with Gasteiger partial charge in [0.15, 0.2) is 0 Å². The Balaban J connectivity index is 1.91. The van der Waals surface area contributed by atoms with Crippen molar-refractivity contribution < 1.29 is 5.11 Å². The lowest BCUT2D eigenvalue weighted by Gasteiger charge is -2.42. The van der Waals surface area contributed by atoms with E-state index in [1.807, 2.05) is 0 Å². The first-order chi connectivity index (χ1) is 5.66. The zero-order chi connectivity index (χ0) is 8.34. The molecule has 0 aliphatic heterocycles. The van der Waals surface area contributed by atoms with Gasteiger partial charge in [-0.1, -0.05) is 6.92 Å². The van der Waals surface area contributed by atoms with Crippen LogP contribution >= 0.6 is 0 Å². The molecule has 12 heavy (non-hydrogen) atoms. The molecule has 1 heteroatoms. The van der Waals surface area contributed by atoms with Gasteiger partial charge in [-0.05, 0) is 55.8 Å². The molecular formula is C11H18O. The summed E-state index contributed by atoms with van der Waals surface area (Å²) in [5, 5.41) is 10.3. The molecular weight excluding hydrogens is 148 g/mol. The Morgan fingerprint density at radius 1 is 1.08 bits per heavy atom. The van der Waals surface area contributed by atoms with E-state index in [1.165, 1.54) is 12.8 Å². The Bertz CT molecular complexity index is 209. The second-order valence-corrected chi connectivity index (χ2v) is 5.60. The fraction of sp³-hybridized carbons (Fsp3) is 1.00. The lowest BCUT2D eigenvalue weighted by Crippen LogP contribution is -2.34. The lowest BCUT2D eigenvalue weighted by atomic mass is 9.63. The molecule has 1 N–H and O–H groups in total. The van der Waals surface area contributed by atoms with Crippen LogP contribution in [0.4, 0.5) is 0 Å². The molecule has 3 rings (SSSR count). The molecule has 68 valence electrons. The van der Waals surface area contributed by atoms with Crippen molar-refractivity contribution in [2.24, 2.45) is 23.7 Å². The van der Waals surface area contributed by atoms with Gasteiger partial charge in [0.25, 0.3) is 0 Å². The minimum Gasteiger partial charge on any atom is -0.390 e. The van der Waals surface area contributed by atoms with Gasteiger partial charge in [0.1, 0.15) is 0 Å². The van der Waals surface area contributed by atoms with Gasteiger partial charge in [-0.25, -0.2) is 0 Å². The molecule has 3 aliphatic rings. The van der Waals surface area contributed by atoms with Crippen LogP contribution in [0.1, 0.15) is 39.0 Å². The SMILES string of the molecule is CC1CC2CC3CC(O)(C1)CC23. The topological polar surface area (TPSA) is 20.2 Å². The Hall–Kier alpha value is -0.0400. The third-order valence-corrected chi connectivity index (χ3v) is 4.51. The highest BCUT2D eigenvalue weighted by Gasteiger charge is 2.55. The standard InChI is InChI=1S/C11H18O/c1-7-2-8-3-9-5-11(12,4-7)6-10(8)9/h7-10,12H,2-6H2,1H3. The van der Waals surface area contributed by atoms with E-state index in [2.05, 4.69) is 6.92 Å². The zero-order valence-corrected chi connectivity index (χ0v) is 7.79. The van der Waals surface area contributed by atoms with Crippen molar-refractivity contribution >= 4 is 0 Å². The molecule has 0 aromatic rings. The summed E-state index contributed by atoms with van der Waals surface area (Å²) in [6.45, 7) is 2.31. The second kappa shape index (κ2) is 2.06. The van der Waals surface area contributed by atoms with Crippen LogP contribution in [-0.2, 0) is 0 Å². The normalized spacial score (nSPS) is 62.5. The van der Waals surface area contributed by atoms with Crippen molar-refractivity contribution in [3.05, 3.63) is 0 Å². The van der Waals surface area contributed by atoms with Gasteiger partial charge in [0.2, 0.25) is 0 Å². The van der Waals surface area contributed by atoms with Crippen molar-refractivity contribution in [3.63, 3.8) is 0 Å². The molecule has 0 spiro atoms. The monoisotopic (exact) mass is 166 g/mol. The van der Waals surface area contributed by atoms with Crippen LogP contribution in [0, 0.1) is 23.7 Å². The molecule has 5 unspecified atom stereocenters. The van der Waals surface area contributed by atoms with Gasteiger partial charge in [-0.3, -0.25) is 0 Å². The number of rotatable bonds is 0. The minimum atomic E-state index is -0.236. The summed E-state index contributed by atoms with van der Waals surface area (Å²) in [7, 11) is 0. The van der Waals surface area contributed by atoms with Crippen molar-refractivity contribution in [1.82, 2.24) is 0 Å². The van der Waals surface area contributed by atoms with Gasteiger partial charge in [-0.15, -0.1) is 0 Å². The largest absolute Gasteiger partial charge is 0.390 e. The fourth-order valence-corrected chi connectivity index (χ4v) is 4.19. The predicted molar refractivity (Wildman–Crippen MR) is 47.7 cm³/mol. The first-order valence-electron chi connectivity index (χ1n) is 5.39. The van der Waals surface area contributed by atoms with Crippen molar-refractivity contribution in [1.29, 1.82) is 0 Å². The van der Waals surface area contributed by atoms with E-state index in [-0.39, 0.29) is 5.60 Å². The quantitative estimate of drug-likeness (QED) is 0.585. The van der Waals surface area contributed by atoms with Crippen molar-refractivity contribution in [3.8, 4) is 0 Å². The molecule has 1 nitrogen and oxygen atoms in total. The Morgan fingerprint density at radius 3 is 2.75 bits per heavy atom. The highest BCUT2D eigenvalue weighted by Crippen LogP contribution is 2.60. The van der Waals surface area contributed by atoms with Gasteiger partial charge in [0.05, 0.1) is 5.60 Å². The van der Waals surface area contributed by atoms with Gasteiger partial charge < -0.3 is 5.11 Å². The summed E-state index contributed by atoms with van der Waals surface area (Å²) in [5.41, 5.74) is -0.236. The van der Waals surface area contributed by atoms with E-state index in [0.717, 1.165) is 42.9 Å². The van der Waals surface area contributed by atoms with Crippen LogP contribution in [-0.4, -0.2) is 10.7 Å². The van der Waals surface area contributed by atoms with E-state index in [4.69, 9.17) is 0 Å². The Labute approximate surface area is 74.2 Å². The zero-order valence-electron chi connectivity index (χ0n) is 7.79. The molecule has 0 saturated heterocycles. The van der Waals surface area contributed by atoms with Crippen LogP contribution in [0.3, 0.4) is 0 Å². The third kappa shape index (κ3) is 0.834. The van der Waals surface area contributed by atoms with Gasteiger partial charge in [0, 0.05) is 0 Å². The van der Waals surface area contributed by atoms with E-state index in [0.29, 0.717) is 0 Å². The maximum atomic E-state index is 10.3. The molecule has 0 amide bonds. The summed E-state index contributed by atoms with van der Waals surface area (Å²) in [4.78, 5) is 0. The van der Waals surface area contributed by atoms with E-state index in [1.54, 1.807) is 0 Å². The van der Waals surface area contributed by atoms with Crippen LogP contribution in [0.2, 0.25) is 0 Å². The molecule has 2 bridgehead atoms. The number of aliphatic hydroxyl groups is 1. The molecule has 5 atom stereocenters. The van der Waals surface area contributed by atoms with Crippen LogP contribution in [0.15, 0.2) is 0 Å². The highest BCUT2D eigenvalue weighted by molar-refractivity contribution is 5.06. The average molecular weight is 166 g/mol. The molecule has 0 radical (unpaired) electrons. The summed E-state index contributed by atoms with van der Waals surface area (Å²) < 4.78 is 0. The highest BCUT2D eigenvalue weighted by atomic mass is 16.3. The first-order valence-corrected chi connectivity index (χ1v) is 5.39. The van der Waals surface area contributed by atoms with Crippen molar-refractivity contribution in [2.45, 2.75) is 44.6 Å².